The molecule has 1 N–H and O–H groups in total. The van der Waals surface area contributed by atoms with Gasteiger partial charge in [-0.2, -0.15) is 5.10 Å². The first-order chi connectivity index (χ1) is 13.0. The van der Waals surface area contributed by atoms with Crippen LogP contribution in [0.1, 0.15) is 37.4 Å². The lowest BCUT2D eigenvalue weighted by Gasteiger charge is -2.13. The predicted molar refractivity (Wildman–Crippen MR) is 109 cm³/mol. The monoisotopic (exact) mass is 466 g/mol. The van der Waals surface area contributed by atoms with E-state index >= 15 is 0 Å². The second-order valence-electron chi connectivity index (χ2n) is 6.50. The highest BCUT2D eigenvalue weighted by atomic mass is 79.9. The van der Waals surface area contributed by atoms with Crippen LogP contribution in [0.3, 0.4) is 0 Å². The van der Waals surface area contributed by atoms with Crippen LogP contribution in [-0.4, -0.2) is 23.2 Å². The molecule has 0 unspecified atom stereocenters. The quantitative estimate of drug-likeness (QED) is 0.585. The molecule has 27 heavy (non-hydrogen) atoms. The molecule has 0 atom stereocenters. The molecule has 0 aromatic carbocycles. The fraction of sp³-hybridized carbons (Fsp3) is 0.333. The molecule has 3 aromatic heterocycles. The van der Waals surface area contributed by atoms with Crippen molar-refractivity contribution in [2.45, 2.75) is 42.5 Å². The number of halogens is 1. The number of hydrogen-bond acceptors (Lipinski definition) is 5. The van der Waals surface area contributed by atoms with Crippen LogP contribution in [-0.2, 0) is 16.6 Å². The molecular formula is C18H19BrN4O2S2. The van der Waals surface area contributed by atoms with Crippen LogP contribution in [0.2, 0.25) is 0 Å². The van der Waals surface area contributed by atoms with Gasteiger partial charge in [0, 0.05) is 6.20 Å². The van der Waals surface area contributed by atoms with Crippen molar-refractivity contribution in [2.24, 2.45) is 0 Å². The highest BCUT2D eigenvalue weighted by Crippen LogP contribution is 2.33. The Hall–Kier alpha value is -1.55. The maximum Gasteiger partial charge on any atom is 0.250 e. The Morgan fingerprint density at radius 3 is 2.70 bits per heavy atom. The molecule has 1 aliphatic carbocycles. The van der Waals surface area contributed by atoms with Gasteiger partial charge in [0.25, 0.3) is 0 Å². The van der Waals surface area contributed by atoms with Crippen LogP contribution < -0.4 is 4.72 Å². The van der Waals surface area contributed by atoms with E-state index < -0.39 is 10.0 Å². The van der Waals surface area contributed by atoms with Gasteiger partial charge in [0.05, 0.1) is 33.5 Å². The maximum atomic E-state index is 12.5. The van der Waals surface area contributed by atoms with E-state index in [9.17, 15) is 8.42 Å². The van der Waals surface area contributed by atoms with Crippen molar-refractivity contribution in [1.82, 2.24) is 19.5 Å². The zero-order chi connectivity index (χ0) is 18.9. The summed E-state index contributed by atoms with van der Waals surface area (Å²) in [4.78, 5) is 4.45. The first kappa shape index (κ1) is 18.8. The molecule has 0 amide bonds. The van der Waals surface area contributed by atoms with E-state index in [2.05, 4.69) is 25.6 Å². The molecule has 1 fully saturated rings. The highest BCUT2D eigenvalue weighted by Gasteiger charge is 2.23. The molecule has 1 saturated carbocycles. The van der Waals surface area contributed by atoms with Gasteiger partial charge in [-0.3, -0.25) is 9.67 Å². The second-order valence-corrected chi connectivity index (χ2v) is 11.0. The van der Waals surface area contributed by atoms with Gasteiger partial charge < -0.3 is 0 Å². The lowest BCUT2D eigenvalue weighted by atomic mass is 10.2. The van der Waals surface area contributed by atoms with E-state index in [1.54, 1.807) is 18.3 Å². The first-order valence-corrected chi connectivity index (χ1v) is 11.9. The maximum absolute atomic E-state index is 12.5. The van der Waals surface area contributed by atoms with Gasteiger partial charge in [0.15, 0.2) is 0 Å². The fourth-order valence-corrected chi connectivity index (χ4v) is 6.40. The SMILES string of the molecule is O=S(=O)(NCc1cc(-c2ccccn2)n(C2CCCC2)n1)c1ccc(Br)s1. The minimum absolute atomic E-state index is 0.150. The summed E-state index contributed by atoms with van der Waals surface area (Å²) < 4.78 is 30.7. The zero-order valence-corrected chi connectivity index (χ0v) is 17.7. The van der Waals surface area contributed by atoms with E-state index in [4.69, 9.17) is 5.10 Å². The molecule has 9 heteroatoms. The molecule has 0 saturated heterocycles. The van der Waals surface area contributed by atoms with Crippen molar-refractivity contribution in [3.63, 3.8) is 0 Å². The summed E-state index contributed by atoms with van der Waals surface area (Å²) in [5.41, 5.74) is 2.49. The minimum Gasteiger partial charge on any atom is -0.260 e. The van der Waals surface area contributed by atoms with E-state index in [-0.39, 0.29) is 10.8 Å². The molecule has 4 rings (SSSR count). The summed E-state index contributed by atoms with van der Waals surface area (Å²) in [6.45, 7) is 0.150. The Labute approximate surface area is 170 Å². The number of thiophene rings is 1. The first-order valence-electron chi connectivity index (χ1n) is 8.78. The van der Waals surface area contributed by atoms with E-state index in [1.807, 2.05) is 28.9 Å². The van der Waals surface area contributed by atoms with E-state index in [1.165, 1.54) is 24.2 Å². The third-order valence-electron chi connectivity index (χ3n) is 4.64. The molecule has 0 radical (unpaired) electrons. The minimum atomic E-state index is -3.55. The highest BCUT2D eigenvalue weighted by molar-refractivity contribution is 9.11. The van der Waals surface area contributed by atoms with Crippen LogP contribution in [0.5, 0.6) is 0 Å². The molecule has 1 aliphatic rings. The van der Waals surface area contributed by atoms with Crippen LogP contribution >= 0.6 is 27.3 Å². The molecule has 3 aromatic rings. The standard InChI is InChI=1S/C18H19BrN4O2S2/c19-17-8-9-18(26-17)27(24,25)21-12-13-11-16(15-7-3-4-10-20-15)23(22-13)14-5-1-2-6-14/h3-4,7-11,14,21H,1-2,5-6,12H2. The Morgan fingerprint density at radius 2 is 2.04 bits per heavy atom. The Balaban J connectivity index is 1.60. The normalized spacial score (nSPS) is 15.4. The number of pyridine rings is 1. The van der Waals surface area contributed by atoms with Gasteiger partial charge in [0.1, 0.15) is 4.21 Å². The van der Waals surface area contributed by atoms with Gasteiger partial charge in [-0.1, -0.05) is 18.9 Å². The molecule has 0 aliphatic heterocycles. The summed E-state index contributed by atoms with van der Waals surface area (Å²) in [6.07, 6.45) is 6.34. The lowest BCUT2D eigenvalue weighted by Crippen LogP contribution is -2.22. The summed E-state index contributed by atoms with van der Waals surface area (Å²) in [6, 6.07) is 11.4. The topological polar surface area (TPSA) is 76.9 Å². The number of nitrogens with zero attached hydrogens (tertiary/aromatic N) is 3. The summed E-state index contributed by atoms with van der Waals surface area (Å²) in [5.74, 6) is 0. The third kappa shape index (κ3) is 4.16. The van der Waals surface area contributed by atoms with Crippen molar-refractivity contribution in [1.29, 1.82) is 0 Å². The van der Waals surface area contributed by atoms with Crippen LogP contribution in [0, 0.1) is 0 Å². The number of rotatable bonds is 6. The van der Waals surface area contributed by atoms with E-state index in [0.717, 1.165) is 28.0 Å². The molecule has 3 heterocycles. The Bertz CT molecular complexity index is 1020. The number of nitrogens with one attached hydrogen (secondary N) is 1. The predicted octanol–water partition coefficient (Wildman–Crippen LogP) is 4.36. The van der Waals surface area contributed by atoms with Gasteiger partial charge in [-0.25, -0.2) is 13.1 Å². The largest absolute Gasteiger partial charge is 0.260 e. The Morgan fingerprint density at radius 1 is 1.22 bits per heavy atom. The van der Waals surface area contributed by atoms with Crippen LogP contribution in [0.4, 0.5) is 0 Å². The van der Waals surface area contributed by atoms with Gasteiger partial charge in [-0.05, 0) is 59.1 Å². The smallest absolute Gasteiger partial charge is 0.250 e. The van der Waals surface area contributed by atoms with Crippen molar-refractivity contribution in [3.05, 3.63) is 52.1 Å². The third-order valence-corrected chi connectivity index (χ3v) is 8.16. The number of hydrogen-bond donors (Lipinski definition) is 1. The van der Waals surface area contributed by atoms with Crippen molar-refractivity contribution in [3.8, 4) is 11.4 Å². The summed E-state index contributed by atoms with van der Waals surface area (Å²) in [5, 5.41) is 4.71. The number of sulfonamides is 1. The zero-order valence-electron chi connectivity index (χ0n) is 14.5. The van der Waals surface area contributed by atoms with Gasteiger partial charge in [0.2, 0.25) is 10.0 Å². The fourth-order valence-electron chi connectivity index (χ4n) is 3.35. The van der Waals surface area contributed by atoms with Crippen molar-refractivity contribution in [2.75, 3.05) is 0 Å². The van der Waals surface area contributed by atoms with Crippen molar-refractivity contribution >= 4 is 37.3 Å². The van der Waals surface area contributed by atoms with E-state index in [0.29, 0.717) is 11.7 Å². The molecule has 0 spiro atoms. The van der Waals surface area contributed by atoms with Crippen LogP contribution in [0.25, 0.3) is 11.4 Å². The van der Waals surface area contributed by atoms with Crippen molar-refractivity contribution < 1.29 is 8.42 Å². The molecule has 6 nitrogen and oxygen atoms in total. The molecule has 142 valence electrons. The lowest BCUT2D eigenvalue weighted by molar-refractivity contribution is 0.466. The average Bonchev–Trinajstić information content (AvgIpc) is 3.41. The summed E-state index contributed by atoms with van der Waals surface area (Å²) >= 11 is 4.49. The second kappa shape index (κ2) is 7.83. The number of aromatic nitrogens is 3. The van der Waals surface area contributed by atoms with Crippen LogP contribution in [0.15, 0.2) is 50.6 Å². The molecule has 0 bridgehead atoms. The van der Waals surface area contributed by atoms with Gasteiger partial charge >= 0.3 is 0 Å². The van der Waals surface area contributed by atoms with Gasteiger partial charge in [-0.15, -0.1) is 11.3 Å². The average molecular weight is 467 g/mol. The molecular weight excluding hydrogens is 448 g/mol. The summed E-state index contributed by atoms with van der Waals surface area (Å²) in [7, 11) is -3.55. The Kier molecular flexibility index (Phi) is 5.45.